The third-order valence-corrected chi connectivity index (χ3v) is 10.4. The maximum absolute atomic E-state index is 5.83. The molecular weight excluding hydrogens is 745 g/mol. The molecule has 9 heteroatoms. The summed E-state index contributed by atoms with van der Waals surface area (Å²) >= 11 is 0. The molecule has 2 heterocycles. The number of nitrogen functional groups attached to an aromatic ring is 4. The number of aryl methyl sites for hydroxylation is 1. The molecule has 2 aromatic heterocycles. The highest BCUT2D eigenvalue weighted by atomic mass is 35.5. The Hall–Kier alpha value is -4.82. The normalized spacial score (nSPS) is 10.9. The average molecular weight is 809 g/mol. The Morgan fingerprint density at radius 2 is 0.895 bits per heavy atom. The van der Waals surface area contributed by atoms with E-state index in [0.717, 1.165) is 66.6 Å². The predicted octanol–water partition coefficient (Wildman–Crippen LogP) is 4.73. The van der Waals surface area contributed by atoms with E-state index in [1.54, 1.807) is 0 Å². The number of anilines is 4. The zero-order valence-electron chi connectivity index (χ0n) is 34.4. The topological polar surface area (TPSA) is 121 Å². The van der Waals surface area contributed by atoms with Gasteiger partial charge in [0.1, 0.15) is 13.6 Å². The summed E-state index contributed by atoms with van der Waals surface area (Å²) in [7, 11) is 6.75. The summed E-state index contributed by atoms with van der Waals surface area (Å²) < 4.78 is 3.23. The standard InChI is InChI=1S/C21H38N.C14H13N3.C13H11N3.2ClH/c1-4-5-6-7-8-9-10-11-12-16-19-22(2,3)20-21-17-14-13-15-18-21;1-17-13-7-11(15)4-2-9(13)6-10-3-5-12(16)8-14(10)17;14-10-3-1-8-5-9-2-4-11(15)7-13(9)16-12(8)6-10;;/h13-15,17-18H,4-12,16,19-20H2,1-3H3;2-8H,1H3,(H3,15,16);1-7H,14-15H2;2*1H/q+1;;;;/p-1. The van der Waals surface area contributed by atoms with E-state index in [1.807, 2.05) is 79.8 Å². The molecule has 0 amide bonds. The minimum absolute atomic E-state index is 0. The molecule has 5 aromatic carbocycles. The highest BCUT2D eigenvalue weighted by Crippen LogP contribution is 2.24. The van der Waals surface area contributed by atoms with Crippen molar-refractivity contribution < 1.29 is 33.9 Å². The number of pyridine rings is 2. The van der Waals surface area contributed by atoms with Crippen molar-refractivity contribution in [2.75, 3.05) is 43.6 Å². The van der Waals surface area contributed by atoms with Crippen LogP contribution >= 0.6 is 0 Å². The van der Waals surface area contributed by atoms with Crippen molar-refractivity contribution in [1.82, 2.24) is 4.98 Å². The van der Waals surface area contributed by atoms with E-state index in [-0.39, 0.29) is 24.8 Å². The lowest BCUT2D eigenvalue weighted by molar-refractivity contribution is -0.903. The molecule has 57 heavy (non-hydrogen) atoms. The lowest BCUT2D eigenvalue weighted by Crippen LogP contribution is -3.00. The molecule has 0 unspecified atom stereocenters. The first-order chi connectivity index (χ1) is 26.5. The second kappa shape index (κ2) is 22.8. The smallest absolute Gasteiger partial charge is 0.214 e. The van der Waals surface area contributed by atoms with Crippen molar-refractivity contribution in [3.05, 3.63) is 121 Å². The Morgan fingerprint density at radius 1 is 0.491 bits per heavy atom. The average Bonchev–Trinajstić information content (AvgIpc) is 3.16. The number of rotatable bonds is 13. The van der Waals surface area contributed by atoms with Crippen LogP contribution in [0.2, 0.25) is 0 Å². The molecule has 8 N–H and O–H groups in total. The first-order valence-electron chi connectivity index (χ1n) is 20.1. The summed E-state index contributed by atoms with van der Waals surface area (Å²) in [6.45, 7) is 4.74. The molecule has 7 rings (SSSR count). The Bertz CT molecular complexity index is 2180. The number of benzene rings is 5. The maximum atomic E-state index is 5.83. The van der Waals surface area contributed by atoms with Gasteiger partial charge in [-0.05, 0) is 73.5 Å². The Balaban J connectivity index is 0.000000228. The van der Waals surface area contributed by atoms with Gasteiger partial charge < -0.3 is 52.2 Å². The second-order valence-corrected chi connectivity index (χ2v) is 15.7. The van der Waals surface area contributed by atoms with Crippen molar-refractivity contribution in [3.8, 4) is 0 Å². The van der Waals surface area contributed by atoms with Crippen molar-refractivity contribution in [2.45, 2.75) is 77.7 Å². The van der Waals surface area contributed by atoms with Crippen LogP contribution < -0.4 is 52.3 Å². The molecule has 0 spiro atoms. The van der Waals surface area contributed by atoms with Gasteiger partial charge in [0.05, 0.1) is 31.7 Å². The van der Waals surface area contributed by atoms with Gasteiger partial charge in [-0.25, -0.2) is 4.98 Å². The van der Waals surface area contributed by atoms with Gasteiger partial charge in [-0.2, -0.15) is 4.57 Å². The highest BCUT2D eigenvalue weighted by molar-refractivity contribution is 5.95. The van der Waals surface area contributed by atoms with E-state index < -0.39 is 0 Å². The van der Waals surface area contributed by atoms with Gasteiger partial charge in [0, 0.05) is 62.0 Å². The summed E-state index contributed by atoms with van der Waals surface area (Å²) in [5, 5.41) is 4.54. The molecule has 0 saturated heterocycles. The van der Waals surface area contributed by atoms with E-state index in [1.165, 1.54) is 87.1 Å². The van der Waals surface area contributed by atoms with Crippen LogP contribution in [-0.4, -0.2) is 30.1 Å². The molecule has 0 bridgehead atoms. The number of hydrogen-bond acceptors (Lipinski definition) is 5. The van der Waals surface area contributed by atoms with Crippen molar-refractivity contribution >= 4 is 66.4 Å². The van der Waals surface area contributed by atoms with Crippen molar-refractivity contribution in [3.63, 3.8) is 0 Å². The zero-order chi connectivity index (χ0) is 39.2. The molecule has 0 atom stereocenters. The fraction of sp³-hybridized carbons (Fsp3) is 0.333. The lowest BCUT2D eigenvalue weighted by Gasteiger charge is -2.30. The number of hydrogen-bond donors (Lipinski definition) is 4. The molecule has 0 aliphatic carbocycles. The number of nitrogens with two attached hydrogens (primary N) is 4. The van der Waals surface area contributed by atoms with Gasteiger partial charge in [-0.3, -0.25) is 0 Å². The van der Waals surface area contributed by atoms with Gasteiger partial charge in [-0.1, -0.05) is 101 Å². The molecule has 0 aliphatic rings. The molecule has 0 fully saturated rings. The van der Waals surface area contributed by atoms with E-state index in [0.29, 0.717) is 0 Å². The van der Waals surface area contributed by atoms with Crippen LogP contribution in [0, 0.1) is 0 Å². The quantitative estimate of drug-likeness (QED) is 0.0442. The third kappa shape index (κ3) is 14.3. The van der Waals surface area contributed by atoms with Crippen LogP contribution in [0.25, 0.3) is 43.6 Å². The van der Waals surface area contributed by atoms with Crippen molar-refractivity contribution in [2.24, 2.45) is 7.05 Å². The fourth-order valence-corrected chi connectivity index (χ4v) is 7.28. The molecular formula is C48H63Cl2N7. The Labute approximate surface area is 352 Å². The summed E-state index contributed by atoms with van der Waals surface area (Å²) in [6.07, 6.45) is 14.2. The second-order valence-electron chi connectivity index (χ2n) is 15.7. The number of aromatic nitrogens is 2. The van der Waals surface area contributed by atoms with Crippen LogP contribution in [0.4, 0.5) is 22.7 Å². The number of unbranched alkanes of at least 4 members (excludes halogenated alkanes) is 9. The van der Waals surface area contributed by atoms with E-state index in [2.05, 4.69) is 73.0 Å². The zero-order valence-corrected chi connectivity index (χ0v) is 35.9. The van der Waals surface area contributed by atoms with Gasteiger partial charge in [0.25, 0.3) is 0 Å². The lowest BCUT2D eigenvalue weighted by atomic mass is 10.1. The van der Waals surface area contributed by atoms with Crippen LogP contribution in [0.1, 0.15) is 76.7 Å². The first kappa shape index (κ1) is 46.6. The van der Waals surface area contributed by atoms with Crippen LogP contribution in [-0.2, 0) is 13.6 Å². The van der Waals surface area contributed by atoms with E-state index in [9.17, 15) is 0 Å². The summed E-state index contributed by atoms with van der Waals surface area (Å²) in [4.78, 5) is 4.54. The Kier molecular flexibility index (Phi) is 18.6. The third-order valence-electron chi connectivity index (χ3n) is 10.4. The first-order valence-corrected chi connectivity index (χ1v) is 20.1. The molecule has 0 radical (unpaired) electrons. The minimum atomic E-state index is 0. The number of halogens is 2. The van der Waals surface area contributed by atoms with E-state index in [4.69, 9.17) is 22.9 Å². The van der Waals surface area contributed by atoms with Crippen molar-refractivity contribution in [1.29, 1.82) is 0 Å². The van der Waals surface area contributed by atoms with E-state index >= 15 is 0 Å². The van der Waals surface area contributed by atoms with Gasteiger partial charge >= 0.3 is 0 Å². The van der Waals surface area contributed by atoms with Gasteiger partial charge in [0.15, 0.2) is 0 Å². The molecule has 7 aromatic rings. The summed E-state index contributed by atoms with van der Waals surface area (Å²) in [5.74, 6) is 0. The highest BCUT2D eigenvalue weighted by Gasteiger charge is 2.15. The number of fused-ring (bicyclic) bond motifs is 4. The molecule has 0 saturated carbocycles. The summed E-state index contributed by atoms with van der Waals surface area (Å²) in [5.41, 5.74) is 31.6. The molecule has 304 valence electrons. The number of quaternary nitrogens is 1. The largest absolute Gasteiger partial charge is 1.00 e. The maximum Gasteiger partial charge on any atom is 0.214 e. The molecule has 0 aliphatic heterocycles. The Morgan fingerprint density at radius 3 is 1.37 bits per heavy atom. The SMILES string of the molecule is CCCCCCCCCCCC[N+](C)(C)Cc1ccccc1.C[n+]1c2cc(N)ccc2cc2ccc(N)cc21.Nc1ccc2cc3ccc(N)cc3nc2c1.[Cl-].[Cl-]. The number of nitrogens with zero attached hydrogens (tertiary/aromatic N) is 3. The van der Waals surface area contributed by atoms with Gasteiger partial charge in [-0.15, -0.1) is 0 Å². The van der Waals surface area contributed by atoms with Crippen LogP contribution in [0.3, 0.4) is 0 Å². The minimum Gasteiger partial charge on any atom is -1.00 e. The summed E-state index contributed by atoms with van der Waals surface area (Å²) in [6, 6.07) is 38.5. The van der Waals surface area contributed by atoms with Crippen LogP contribution in [0.5, 0.6) is 0 Å². The monoisotopic (exact) mass is 807 g/mol. The predicted molar refractivity (Wildman–Crippen MR) is 238 cm³/mol. The fourth-order valence-electron chi connectivity index (χ4n) is 7.28. The van der Waals surface area contributed by atoms with Gasteiger partial charge in [0.2, 0.25) is 11.0 Å². The molecule has 7 nitrogen and oxygen atoms in total. The van der Waals surface area contributed by atoms with Crippen LogP contribution in [0.15, 0.2) is 115 Å².